The molecule has 0 aromatic rings. The van der Waals surface area contributed by atoms with E-state index in [1.807, 2.05) is 0 Å². The molecule has 6 nitrogen and oxygen atoms in total. The van der Waals surface area contributed by atoms with E-state index in [2.05, 4.69) is 9.47 Å². The maximum atomic E-state index is 13.0. The van der Waals surface area contributed by atoms with Crippen molar-refractivity contribution in [1.82, 2.24) is 4.90 Å². The van der Waals surface area contributed by atoms with E-state index in [1.54, 1.807) is 0 Å². The summed E-state index contributed by atoms with van der Waals surface area (Å²) < 4.78 is 47.7. The van der Waals surface area contributed by atoms with E-state index < -0.39 is 36.1 Å². The molecule has 114 valence electrons. The lowest BCUT2D eigenvalue weighted by Gasteiger charge is -2.31. The van der Waals surface area contributed by atoms with Crippen LogP contribution >= 0.6 is 0 Å². The van der Waals surface area contributed by atoms with Crippen LogP contribution < -0.4 is 0 Å². The number of alkyl halides is 3. The first kappa shape index (κ1) is 16.3. The van der Waals surface area contributed by atoms with E-state index in [4.69, 9.17) is 0 Å². The molecule has 0 aromatic heterocycles. The van der Waals surface area contributed by atoms with Gasteiger partial charge < -0.3 is 14.4 Å². The third-order valence-corrected chi connectivity index (χ3v) is 2.83. The number of amides is 1. The second kappa shape index (κ2) is 6.10. The number of esters is 2. The molecule has 0 radical (unpaired) electrons. The summed E-state index contributed by atoms with van der Waals surface area (Å²) in [6, 6.07) is -4.22. The second-order valence-corrected chi connectivity index (χ2v) is 4.07. The molecule has 2 unspecified atom stereocenters. The Bertz CT molecular complexity index is 409. The molecule has 0 spiro atoms. The van der Waals surface area contributed by atoms with Gasteiger partial charge >= 0.3 is 18.1 Å². The Morgan fingerprint density at radius 2 is 2.05 bits per heavy atom. The summed E-state index contributed by atoms with van der Waals surface area (Å²) in [5.74, 6) is -3.53. The van der Waals surface area contributed by atoms with Crippen molar-refractivity contribution in [2.24, 2.45) is 0 Å². The van der Waals surface area contributed by atoms with Crippen LogP contribution in [0.2, 0.25) is 0 Å². The lowest BCUT2D eigenvalue weighted by atomic mass is 10.1. The highest BCUT2D eigenvalue weighted by atomic mass is 19.4. The Morgan fingerprint density at radius 3 is 2.50 bits per heavy atom. The van der Waals surface area contributed by atoms with Gasteiger partial charge in [0.15, 0.2) is 0 Å². The van der Waals surface area contributed by atoms with Crippen LogP contribution in [0.5, 0.6) is 0 Å². The van der Waals surface area contributed by atoms with Gasteiger partial charge in [0.2, 0.25) is 11.9 Å². The fourth-order valence-electron chi connectivity index (χ4n) is 2.02. The van der Waals surface area contributed by atoms with Crippen LogP contribution in [-0.2, 0) is 23.9 Å². The zero-order valence-corrected chi connectivity index (χ0v) is 10.9. The smallest absolute Gasteiger partial charge is 0.419 e. The monoisotopic (exact) mass is 297 g/mol. The van der Waals surface area contributed by atoms with Crippen LogP contribution in [0.4, 0.5) is 13.2 Å². The molecule has 1 rings (SSSR count). The van der Waals surface area contributed by atoms with Crippen LogP contribution in [0.25, 0.3) is 0 Å². The summed E-state index contributed by atoms with van der Waals surface area (Å²) in [5, 5.41) is 0. The van der Waals surface area contributed by atoms with E-state index in [0.717, 1.165) is 7.11 Å². The fraction of sp³-hybridized carbons (Fsp3) is 0.727. The van der Waals surface area contributed by atoms with Gasteiger partial charge in [-0.25, -0.2) is 9.59 Å². The molecule has 1 heterocycles. The summed E-state index contributed by atoms with van der Waals surface area (Å²) in [7, 11) is 0.996. The van der Waals surface area contributed by atoms with E-state index in [9.17, 15) is 27.6 Å². The number of nitrogens with zero attached hydrogens (tertiary/aromatic N) is 1. The van der Waals surface area contributed by atoms with Gasteiger partial charge in [-0.3, -0.25) is 4.79 Å². The first-order valence-electron chi connectivity index (χ1n) is 5.86. The lowest BCUT2D eigenvalue weighted by Crippen LogP contribution is -2.56. The number of hydrogen-bond donors (Lipinski definition) is 0. The summed E-state index contributed by atoms with van der Waals surface area (Å²) in [5.41, 5.74) is 0. The molecular weight excluding hydrogens is 283 g/mol. The highest BCUT2D eigenvalue weighted by Gasteiger charge is 2.56. The number of likely N-dealkylation sites (tertiary alicyclic amines) is 1. The average Bonchev–Trinajstić information content (AvgIpc) is 2.69. The molecule has 0 bridgehead atoms. The Balaban J connectivity index is 3.13. The van der Waals surface area contributed by atoms with Crippen molar-refractivity contribution in [1.29, 1.82) is 0 Å². The van der Waals surface area contributed by atoms with Gasteiger partial charge in [0.25, 0.3) is 0 Å². The van der Waals surface area contributed by atoms with Crippen molar-refractivity contribution >= 4 is 17.8 Å². The normalized spacial score (nSPS) is 20.8. The summed E-state index contributed by atoms with van der Waals surface area (Å²) in [6.07, 6.45) is -5.41. The molecule has 1 aliphatic rings. The quantitative estimate of drug-likeness (QED) is 0.712. The molecule has 1 fully saturated rings. The van der Waals surface area contributed by atoms with Gasteiger partial charge in [0, 0.05) is 6.42 Å². The van der Waals surface area contributed by atoms with Gasteiger partial charge in [-0.15, -0.1) is 0 Å². The van der Waals surface area contributed by atoms with E-state index >= 15 is 0 Å². The van der Waals surface area contributed by atoms with Crippen LogP contribution in [0.1, 0.15) is 19.8 Å². The summed E-state index contributed by atoms with van der Waals surface area (Å²) >= 11 is 0. The van der Waals surface area contributed by atoms with Gasteiger partial charge in [-0.2, -0.15) is 13.2 Å². The van der Waals surface area contributed by atoms with E-state index in [-0.39, 0.29) is 24.3 Å². The van der Waals surface area contributed by atoms with Crippen molar-refractivity contribution in [3.8, 4) is 0 Å². The van der Waals surface area contributed by atoms with Gasteiger partial charge in [0.1, 0.15) is 6.04 Å². The Hall–Kier alpha value is -1.80. The molecule has 0 saturated carbocycles. The number of rotatable bonds is 4. The minimum absolute atomic E-state index is 0.127. The number of methoxy groups -OCH3 is 1. The van der Waals surface area contributed by atoms with E-state index in [0.29, 0.717) is 0 Å². The number of halogens is 3. The van der Waals surface area contributed by atoms with Crippen molar-refractivity contribution in [3.63, 3.8) is 0 Å². The zero-order chi connectivity index (χ0) is 15.5. The van der Waals surface area contributed by atoms with Gasteiger partial charge in [-0.05, 0) is 13.3 Å². The SMILES string of the molecule is CCOC(=O)C(N1C(=O)CCC1C(=O)OC)C(F)(F)F. The Morgan fingerprint density at radius 1 is 1.45 bits per heavy atom. The minimum atomic E-state index is -5.03. The summed E-state index contributed by atoms with van der Waals surface area (Å²) in [6.45, 7) is 1.07. The van der Waals surface area contributed by atoms with Crippen LogP contribution in [-0.4, -0.2) is 54.7 Å². The second-order valence-electron chi connectivity index (χ2n) is 4.07. The number of carbonyl (C=O) groups excluding carboxylic acids is 3. The van der Waals surface area contributed by atoms with Crippen molar-refractivity contribution < 1.29 is 37.0 Å². The highest BCUT2D eigenvalue weighted by molar-refractivity contribution is 5.92. The largest absolute Gasteiger partial charge is 0.467 e. The molecule has 2 atom stereocenters. The minimum Gasteiger partial charge on any atom is -0.467 e. The maximum Gasteiger partial charge on any atom is 0.419 e. The van der Waals surface area contributed by atoms with Crippen LogP contribution in [0.15, 0.2) is 0 Å². The van der Waals surface area contributed by atoms with Crippen LogP contribution in [0.3, 0.4) is 0 Å². The topological polar surface area (TPSA) is 72.9 Å². The predicted molar refractivity (Wildman–Crippen MR) is 58.4 cm³/mol. The molecule has 20 heavy (non-hydrogen) atoms. The van der Waals surface area contributed by atoms with Crippen molar-refractivity contribution in [3.05, 3.63) is 0 Å². The van der Waals surface area contributed by atoms with Crippen LogP contribution in [0, 0.1) is 0 Å². The number of ether oxygens (including phenoxy) is 2. The van der Waals surface area contributed by atoms with Gasteiger partial charge in [-0.1, -0.05) is 0 Å². The Kier molecular flexibility index (Phi) is 4.96. The lowest BCUT2D eigenvalue weighted by molar-refractivity contribution is -0.207. The van der Waals surface area contributed by atoms with Crippen molar-refractivity contribution in [2.45, 2.75) is 38.0 Å². The number of hydrogen-bond acceptors (Lipinski definition) is 5. The first-order chi connectivity index (χ1) is 9.23. The fourth-order valence-corrected chi connectivity index (χ4v) is 2.02. The third kappa shape index (κ3) is 3.20. The maximum absolute atomic E-state index is 13.0. The third-order valence-electron chi connectivity index (χ3n) is 2.83. The molecule has 1 amide bonds. The predicted octanol–water partition coefficient (Wildman–Crippen LogP) is 0.644. The highest BCUT2D eigenvalue weighted by Crippen LogP contribution is 2.32. The Labute approximate surface area is 112 Å². The van der Waals surface area contributed by atoms with Crippen molar-refractivity contribution in [2.75, 3.05) is 13.7 Å². The summed E-state index contributed by atoms with van der Waals surface area (Å²) in [4.78, 5) is 34.8. The molecule has 0 aliphatic carbocycles. The average molecular weight is 297 g/mol. The van der Waals surface area contributed by atoms with Gasteiger partial charge in [0.05, 0.1) is 13.7 Å². The molecule has 9 heteroatoms. The zero-order valence-electron chi connectivity index (χ0n) is 10.9. The number of carbonyl (C=O) groups is 3. The molecule has 1 aliphatic heterocycles. The standard InChI is InChI=1S/C11H14F3NO5/c1-3-20-10(18)8(11(12,13)14)15-6(9(17)19-2)4-5-7(15)16/h6,8H,3-5H2,1-2H3. The molecule has 1 saturated heterocycles. The first-order valence-corrected chi connectivity index (χ1v) is 5.86. The molecular formula is C11H14F3NO5. The van der Waals surface area contributed by atoms with E-state index in [1.165, 1.54) is 6.92 Å². The molecule has 0 aromatic carbocycles. The molecule has 0 N–H and O–H groups in total.